The number of fused-ring (bicyclic) bond motifs is 3. The molecule has 0 atom stereocenters. The number of hydrogen-bond donors (Lipinski definition) is 0. The Morgan fingerprint density at radius 2 is 0.941 bits per heavy atom. The van der Waals surface area contributed by atoms with E-state index in [1.54, 1.807) is 12.1 Å². The molecule has 0 fully saturated rings. The summed E-state index contributed by atoms with van der Waals surface area (Å²) in [5.41, 5.74) is 2.14. The molecule has 0 spiro atoms. The first-order valence-corrected chi connectivity index (χ1v) is 9.95. The molecule has 0 radical (unpaired) electrons. The van der Waals surface area contributed by atoms with Crippen molar-refractivity contribution in [2.24, 2.45) is 0 Å². The summed E-state index contributed by atoms with van der Waals surface area (Å²) in [4.78, 5) is 47.6. The Kier molecular flexibility index (Phi) is 6.92. The van der Waals surface area contributed by atoms with Gasteiger partial charge in [0.2, 0.25) is 0 Å². The van der Waals surface area contributed by atoms with E-state index in [1.165, 1.54) is 12.1 Å². The topological polar surface area (TPSA) is 105 Å². The summed E-state index contributed by atoms with van der Waals surface area (Å²) in [5.74, 6) is -2.94. The van der Waals surface area contributed by atoms with Crippen molar-refractivity contribution in [2.45, 2.75) is 12.8 Å². The Morgan fingerprint density at radius 1 is 0.618 bits per heavy atom. The van der Waals surface area contributed by atoms with Crippen LogP contribution in [0.3, 0.4) is 0 Å². The van der Waals surface area contributed by atoms with E-state index in [0.29, 0.717) is 22.3 Å². The Bertz CT molecular complexity index is 1170. The third-order valence-electron chi connectivity index (χ3n) is 4.91. The third-order valence-corrected chi connectivity index (χ3v) is 4.91. The minimum Gasteiger partial charge on any atom is -0.423 e. The molecule has 2 aromatic rings. The van der Waals surface area contributed by atoms with E-state index >= 15 is 0 Å². The normalized spacial score (nSPS) is 11.3. The standard InChI is InChI=1S/C26H20O8/c1-6-21(27)31-15-10-17-18-11-16(32-22(28)7-2)13-20(34-24(30)9-4)26(18)14(5)25(17)19(12-15)33-23(29)8-3/h6-14H,1-4H2,5H3. The predicted molar refractivity (Wildman–Crippen MR) is 123 cm³/mol. The summed E-state index contributed by atoms with van der Waals surface area (Å²) in [7, 11) is 0. The van der Waals surface area contributed by atoms with Crippen LogP contribution in [-0.2, 0) is 19.2 Å². The lowest BCUT2D eigenvalue weighted by molar-refractivity contribution is -0.130. The maximum atomic E-state index is 12.0. The van der Waals surface area contributed by atoms with Crippen LogP contribution in [0.25, 0.3) is 11.1 Å². The van der Waals surface area contributed by atoms with Crippen LogP contribution in [0.5, 0.6) is 23.0 Å². The van der Waals surface area contributed by atoms with Gasteiger partial charge in [-0.05, 0) is 23.3 Å². The third kappa shape index (κ3) is 4.71. The summed E-state index contributed by atoms with van der Waals surface area (Å²) >= 11 is 0. The molecule has 1 aliphatic carbocycles. The lowest BCUT2D eigenvalue weighted by atomic mass is 9.97. The Hall–Kier alpha value is -4.72. The van der Waals surface area contributed by atoms with Gasteiger partial charge in [-0.15, -0.1) is 0 Å². The van der Waals surface area contributed by atoms with E-state index in [9.17, 15) is 19.2 Å². The highest BCUT2D eigenvalue weighted by atomic mass is 16.6. The van der Waals surface area contributed by atoms with Crippen molar-refractivity contribution in [3.8, 4) is 34.1 Å². The van der Waals surface area contributed by atoms with Gasteiger partial charge >= 0.3 is 23.9 Å². The number of esters is 4. The molecule has 0 saturated heterocycles. The average Bonchev–Trinajstić information content (AvgIpc) is 3.10. The molecule has 1 aliphatic rings. The molecule has 34 heavy (non-hydrogen) atoms. The predicted octanol–water partition coefficient (Wildman–Crippen LogP) is 4.18. The van der Waals surface area contributed by atoms with Gasteiger partial charge in [-0.3, -0.25) is 0 Å². The number of benzene rings is 2. The molecule has 0 N–H and O–H groups in total. The smallest absolute Gasteiger partial charge is 0.335 e. The van der Waals surface area contributed by atoms with Gasteiger partial charge in [-0.2, -0.15) is 0 Å². The zero-order valence-electron chi connectivity index (χ0n) is 18.3. The van der Waals surface area contributed by atoms with Crippen molar-refractivity contribution < 1.29 is 38.1 Å². The van der Waals surface area contributed by atoms with Gasteiger partial charge in [0.15, 0.2) is 0 Å². The van der Waals surface area contributed by atoms with E-state index in [-0.39, 0.29) is 23.0 Å². The van der Waals surface area contributed by atoms with E-state index in [1.807, 2.05) is 6.92 Å². The SMILES string of the molecule is C=CC(=O)Oc1cc(OC(=O)C=C)c2c(c1)-c1cc(OC(=O)C=C)cc(OC(=O)C=C)c1C2C. The van der Waals surface area contributed by atoms with Gasteiger partial charge in [0.25, 0.3) is 0 Å². The second-order valence-electron chi connectivity index (χ2n) is 6.99. The van der Waals surface area contributed by atoms with E-state index in [4.69, 9.17) is 18.9 Å². The molecule has 8 nitrogen and oxygen atoms in total. The molecule has 0 amide bonds. The second-order valence-corrected chi connectivity index (χ2v) is 6.99. The van der Waals surface area contributed by atoms with Gasteiger partial charge in [0.1, 0.15) is 23.0 Å². The van der Waals surface area contributed by atoms with Gasteiger partial charge in [0.05, 0.1) is 0 Å². The minimum atomic E-state index is -0.725. The van der Waals surface area contributed by atoms with Crippen molar-refractivity contribution in [3.63, 3.8) is 0 Å². The van der Waals surface area contributed by atoms with Gasteiger partial charge < -0.3 is 18.9 Å². The summed E-state index contributed by atoms with van der Waals surface area (Å²) < 4.78 is 21.3. The molecular weight excluding hydrogens is 440 g/mol. The van der Waals surface area contributed by atoms with Crippen LogP contribution in [0.15, 0.2) is 74.9 Å². The van der Waals surface area contributed by atoms with Crippen molar-refractivity contribution in [1.82, 2.24) is 0 Å². The maximum absolute atomic E-state index is 12.0. The fraction of sp³-hybridized carbons (Fsp3) is 0.0769. The highest BCUT2D eigenvalue weighted by molar-refractivity contribution is 5.92. The number of carbonyl (C=O) groups is 4. The molecule has 8 heteroatoms. The zero-order valence-corrected chi connectivity index (χ0v) is 18.3. The van der Waals surface area contributed by atoms with Gasteiger partial charge in [-0.1, -0.05) is 33.2 Å². The highest BCUT2D eigenvalue weighted by Crippen LogP contribution is 2.54. The summed E-state index contributed by atoms with van der Waals surface area (Å²) in [6, 6.07) is 5.89. The Morgan fingerprint density at radius 3 is 1.26 bits per heavy atom. The molecule has 0 saturated carbocycles. The molecule has 2 aromatic carbocycles. The van der Waals surface area contributed by atoms with E-state index < -0.39 is 29.8 Å². The van der Waals surface area contributed by atoms with Crippen LogP contribution >= 0.6 is 0 Å². The molecule has 0 heterocycles. The van der Waals surface area contributed by atoms with Crippen LogP contribution in [0.2, 0.25) is 0 Å². The summed E-state index contributed by atoms with van der Waals surface area (Å²) in [6.07, 6.45) is 3.95. The summed E-state index contributed by atoms with van der Waals surface area (Å²) in [6.45, 7) is 15.4. The fourth-order valence-electron chi connectivity index (χ4n) is 3.59. The van der Waals surface area contributed by atoms with Gasteiger partial charge in [0, 0.05) is 53.5 Å². The molecule has 0 bridgehead atoms. The molecule has 0 unspecified atom stereocenters. The lowest BCUT2D eigenvalue weighted by Crippen LogP contribution is -2.09. The van der Waals surface area contributed by atoms with Crippen LogP contribution in [0, 0.1) is 0 Å². The van der Waals surface area contributed by atoms with E-state index in [2.05, 4.69) is 26.3 Å². The van der Waals surface area contributed by atoms with Crippen molar-refractivity contribution in [3.05, 3.63) is 86.0 Å². The van der Waals surface area contributed by atoms with Crippen molar-refractivity contribution >= 4 is 23.9 Å². The van der Waals surface area contributed by atoms with Crippen LogP contribution in [0.4, 0.5) is 0 Å². The Labute approximate surface area is 195 Å². The molecular formula is C26H20O8. The van der Waals surface area contributed by atoms with Gasteiger partial charge in [-0.25, -0.2) is 19.2 Å². The Balaban J connectivity index is 2.28. The molecule has 0 aromatic heterocycles. The van der Waals surface area contributed by atoms with Crippen LogP contribution in [0.1, 0.15) is 24.0 Å². The zero-order chi connectivity index (χ0) is 25.0. The summed E-state index contributed by atoms with van der Waals surface area (Å²) in [5, 5.41) is 0. The van der Waals surface area contributed by atoms with Crippen LogP contribution < -0.4 is 18.9 Å². The first-order valence-electron chi connectivity index (χ1n) is 9.95. The average molecular weight is 460 g/mol. The second kappa shape index (κ2) is 9.83. The molecule has 0 aliphatic heterocycles. The number of rotatable bonds is 8. The quantitative estimate of drug-likeness (QED) is 0.328. The van der Waals surface area contributed by atoms with Crippen LogP contribution in [-0.4, -0.2) is 23.9 Å². The molecule has 172 valence electrons. The minimum absolute atomic E-state index is 0.0775. The lowest BCUT2D eigenvalue weighted by Gasteiger charge is -2.15. The van der Waals surface area contributed by atoms with E-state index in [0.717, 1.165) is 24.3 Å². The first kappa shape index (κ1) is 23.9. The number of hydrogen-bond acceptors (Lipinski definition) is 8. The number of carbonyl (C=O) groups excluding carboxylic acids is 4. The maximum Gasteiger partial charge on any atom is 0.335 e. The fourth-order valence-corrected chi connectivity index (χ4v) is 3.59. The van der Waals surface area contributed by atoms with Crippen molar-refractivity contribution in [2.75, 3.05) is 0 Å². The first-order chi connectivity index (χ1) is 16.2. The number of ether oxygens (including phenoxy) is 4. The van der Waals surface area contributed by atoms with Crippen molar-refractivity contribution in [1.29, 1.82) is 0 Å². The highest BCUT2D eigenvalue weighted by Gasteiger charge is 2.35. The molecule has 3 rings (SSSR count). The monoisotopic (exact) mass is 460 g/mol. The largest absolute Gasteiger partial charge is 0.423 e.